The molecule has 7 nitrogen and oxygen atoms in total. The smallest absolute Gasteiger partial charge is 0.295 e. The van der Waals surface area contributed by atoms with Crippen molar-refractivity contribution >= 4 is 33.3 Å². The van der Waals surface area contributed by atoms with Crippen molar-refractivity contribution in [1.82, 2.24) is 4.98 Å². The molecule has 2 aromatic heterocycles. The molecule has 3 aromatic rings. The van der Waals surface area contributed by atoms with E-state index in [0.717, 1.165) is 16.7 Å². The lowest BCUT2D eigenvalue weighted by Gasteiger charge is -2.14. The Kier molecular flexibility index (Phi) is 4.49. The van der Waals surface area contributed by atoms with Crippen LogP contribution in [0, 0.1) is 0 Å². The minimum Gasteiger partial charge on any atom is -0.494 e. The molecule has 0 bridgehead atoms. The lowest BCUT2D eigenvalue weighted by Crippen LogP contribution is -2.21. The first-order valence-electron chi connectivity index (χ1n) is 8.11. The van der Waals surface area contributed by atoms with Gasteiger partial charge in [0, 0.05) is 10.8 Å². The highest BCUT2D eigenvalue weighted by Gasteiger charge is 2.17. The minimum absolute atomic E-state index is 0.139. The Balaban J connectivity index is 1.53. The number of furan rings is 1. The van der Waals surface area contributed by atoms with Crippen molar-refractivity contribution in [3.8, 4) is 17.2 Å². The SMILES string of the molecule is CCOc1ccc2oc(-c3csc(NC(=O)C4=COCCO4)n3)cc2c1. The number of anilines is 1. The molecule has 0 atom stereocenters. The third-order valence-corrected chi connectivity index (χ3v) is 4.41. The van der Waals surface area contributed by atoms with Gasteiger partial charge in [0.25, 0.3) is 5.91 Å². The molecule has 134 valence electrons. The molecule has 0 radical (unpaired) electrons. The van der Waals surface area contributed by atoms with Gasteiger partial charge in [-0.1, -0.05) is 0 Å². The summed E-state index contributed by atoms with van der Waals surface area (Å²) in [5.41, 5.74) is 1.40. The lowest BCUT2D eigenvalue weighted by molar-refractivity contribution is -0.117. The van der Waals surface area contributed by atoms with Gasteiger partial charge in [-0.15, -0.1) is 11.3 Å². The van der Waals surface area contributed by atoms with Gasteiger partial charge in [-0.25, -0.2) is 4.98 Å². The van der Waals surface area contributed by atoms with E-state index in [4.69, 9.17) is 18.6 Å². The van der Waals surface area contributed by atoms with Crippen molar-refractivity contribution in [2.75, 3.05) is 25.1 Å². The predicted octanol–water partition coefficient (Wildman–Crippen LogP) is 3.78. The molecule has 26 heavy (non-hydrogen) atoms. The van der Waals surface area contributed by atoms with Gasteiger partial charge < -0.3 is 18.6 Å². The molecule has 0 fully saturated rings. The average Bonchev–Trinajstić information content (AvgIpc) is 3.29. The van der Waals surface area contributed by atoms with Gasteiger partial charge in [0.15, 0.2) is 10.9 Å². The predicted molar refractivity (Wildman–Crippen MR) is 97.1 cm³/mol. The number of fused-ring (bicyclic) bond motifs is 1. The van der Waals surface area contributed by atoms with Crippen molar-refractivity contribution in [2.45, 2.75) is 6.92 Å². The first kappa shape index (κ1) is 16.5. The van der Waals surface area contributed by atoms with Crippen LogP contribution in [-0.2, 0) is 14.3 Å². The molecule has 3 heterocycles. The summed E-state index contributed by atoms with van der Waals surface area (Å²) in [7, 11) is 0. The van der Waals surface area contributed by atoms with Gasteiger partial charge in [0.05, 0.1) is 6.61 Å². The van der Waals surface area contributed by atoms with E-state index in [1.807, 2.05) is 36.6 Å². The van der Waals surface area contributed by atoms with Crippen molar-refractivity contribution in [1.29, 1.82) is 0 Å². The van der Waals surface area contributed by atoms with Crippen LogP contribution in [-0.4, -0.2) is 30.7 Å². The Hall–Kier alpha value is -3.00. The van der Waals surface area contributed by atoms with E-state index in [0.29, 0.717) is 36.4 Å². The normalized spacial score (nSPS) is 13.7. The molecule has 4 rings (SSSR count). The zero-order valence-corrected chi connectivity index (χ0v) is 14.8. The van der Waals surface area contributed by atoms with Gasteiger partial charge in [0.1, 0.15) is 36.5 Å². The van der Waals surface area contributed by atoms with Crippen LogP contribution in [0.5, 0.6) is 5.75 Å². The molecule has 8 heteroatoms. The van der Waals surface area contributed by atoms with Crippen LogP contribution in [0.15, 0.2) is 46.1 Å². The fraction of sp³-hybridized carbons (Fsp3) is 0.222. The van der Waals surface area contributed by atoms with Crippen molar-refractivity contribution in [3.05, 3.63) is 41.7 Å². The van der Waals surface area contributed by atoms with Crippen LogP contribution in [0.4, 0.5) is 5.13 Å². The summed E-state index contributed by atoms with van der Waals surface area (Å²) in [5.74, 6) is 1.17. The third kappa shape index (κ3) is 3.36. The maximum Gasteiger partial charge on any atom is 0.295 e. The number of amides is 1. The van der Waals surface area contributed by atoms with E-state index in [1.165, 1.54) is 17.6 Å². The highest BCUT2D eigenvalue weighted by molar-refractivity contribution is 7.14. The van der Waals surface area contributed by atoms with Crippen LogP contribution in [0.25, 0.3) is 22.4 Å². The highest BCUT2D eigenvalue weighted by atomic mass is 32.1. The molecule has 0 aliphatic carbocycles. The fourth-order valence-corrected chi connectivity index (χ4v) is 3.19. The maximum atomic E-state index is 12.1. The van der Waals surface area contributed by atoms with Crippen LogP contribution in [0.2, 0.25) is 0 Å². The van der Waals surface area contributed by atoms with Crippen molar-refractivity contribution in [3.63, 3.8) is 0 Å². The summed E-state index contributed by atoms with van der Waals surface area (Å²) >= 11 is 1.31. The third-order valence-electron chi connectivity index (χ3n) is 3.65. The molecule has 0 saturated heterocycles. The zero-order chi connectivity index (χ0) is 17.9. The monoisotopic (exact) mass is 372 g/mol. The van der Waals surface area contributed by atoms with Gasteiger partial charge >= 0.3 is 0 Å². The molecule has 0 spiro atoms. The van der Waals surface area contributed by atoms with E-state index in [-0.39, 0.29) is 5.76 Å². The Morgan fingerprint density at radius 2 is 2.27 bits per heavy atom. The molecule has 1 aromatic carbocycles. The molecular formula is C18H16N2O5S. The topological polar surface area (TPSA) is 82.8 Å². The average molecular weight is 372 g/mol. The van der Waals surface area contributed by atoms with Crippen LogP contribution in [0.3, 0.4) is 0 Å². The number of benzene rings is 1. The number of rotatable bonds is 5. The van der Waals surface area contributed by atoms with Crippen LogP contribution in [0.1, 0.15) is 6.92 Å². The number of nitrogens with one attached hydrogen (secondary N) is 1. The first-order chi connectivity index (χ1) is 12.7. The Morgan fingerprint density at radius 3 is 3.08 bits per heavy atom. The second-order valence-corrected chi connectivity index (χ2v) is 6.29. The van der Waals surface area contributed by atoms with Crippen LogP contribution >= 0.6 is 11.3 Å². The Labute approximate surface area is 153 Å². The summed E-state index contributed by atoms with van der Waals surface area (Å²) in [6.45, 7) is 3.34. The van der Waals surface area contributed by atoms with Crippen molar-refractivity contribution in [2.24, 2.45) is 0 Å². The molecule has 1 N–H and O–H groups in total. The quantitative estimate of drug-likeness (QED) is 0.734. The number of carbonyl (C=O) groups excluding carboxylic acids is 1. The zero-order valence-electron chi connectivity index (χ0n) is 14.0. The number of hydrogen-bond acceptors (Lipinski definition) is 7. The summed E-state index contributed by atoms with van der Waals surface area (Å²) in [5, 5.41) is 5.90. The van der Waals surface area contributed by atoms with Gasteiger partial charge in [-0.3, -0.25) is 10.1 Å². The first-order valence-corrected chi connectivity index (χ1v) is 8.99. The van der Waals surface area contributed by atoms with Crippen LogP contribution < -0.4 is 10.1 Å². The second-order valence-electron chi connectivity index (χ2n) is 5.44. The summed E-state index contributed by atoms with van der Waals surface area (Å²) < 4.78 is 21.7. The number of aromatic nitrogens is 1. The molecule has 0 unspecified atom stereocenters. The Bertz CT molecular complexity index is 975. The summed E-state index contributed by atoms with van der Waals surface area (Å²) in [6.07, 6.45) is 1.31. The second kappa shape index (κ2) is 7.09. The standard InChI is InChI=1S/C18H16N2O5S/c1-2-23-12-3-4-14-11(7-12)8-15(25-14)13-10-26-18(19-13)20-17(21)16-9-22-5-6-24-16/h3-4,7-10H,2,5-6H2,1H3,(H,19,20,21). The van der Waals surface area contributed by atoms with E-state index in [1.54, 1.807) is 0 Å². The largest absolute Gasteiger partial charge is 0.494 e. The number of carbonyl (C=O) groups is 1. The Morgan fingerprint density at radius 1 is 1.35 bits per heavy atom. The fourth-order valence-electron chi connectivity index (χ4n) is 2.49. The molecule has 1 aliphatic heterocycles. The van der Waals surface area contributed by atoms with Crippen molar-refractivity contribution < 1.29 is 23.4 Å². The minimum atomic E-state index is -0.392. The molecule has 0 saturated carbocycles. The van der Waals surface area contributed by atoms with Gasteiger partial charge in [-0.2, -0.15) is 0 Å². The van der Waals surface area contributed by atoms with Gasteiger partial charge in [-0.05, 0) is 31.2 Å². The molecule has 1 aliphatic rings. The number of ether oxygens (including phenoxy) is 3. The van der Waals surface area contributed by atoms with E-state index in [9.17, 15) is 4.79 Å². The van der Waals surface area contributed by atoms with E-state index >= 15 is 0 Å². The number of hydrogen-bond donors (Lipinski definition) is 1. The molecular weight excluding hydrogens is 356 g/mol. The number of nitrogens with zero attached hydrogens (tertiary/aromatic N) is 1. The van der Waals surface area contributed by atoms with E-state index in [2.05, 4.69) is 10.3 Å². The van der Waals surface area contributed by atoms with Gasteiger partial charge in [0.2, 0.25) is 5.76 Å². The van der Waals surface area contributed by atoms with E-state index < -0.39 is 5.91 Å². The lowest BCUT2D eigenvalue weighted by atomic mass is 10.2. The maximum absolute atomic E-state index is 12.1. The highest BCUT2D eigenvalue weighted by Crippen LogP contribution is 2.32. The number of thiazole rings is 1. The summed E-state index contributed by atoms with van der Waals surface area (Å²) in [4.78, 5) is 16.5. The summed E-state index contributed by atoms with van der Waals surface area (Å²) in [6, 6.07) is 7.56. The molecule has 1 amide bonds.